The van der Waals surface area contributed by atoms with Crippen LogP contribution in [0.1, 0.15) is 71.0 Å². The van der Waals surface area contributed by atoms with Gasteiger partial charge in [-0.2, -0.15) is 0 Å². The van der Waals surface area contributed by atoms with Crippen LogP contribution in [-0.4, -0.2) is 30.1 Å². The Labute approximate surface area is 153 Å². The van der Waals surface area contributed by atoms with E-state index in [0.29, 0.717) is 23.5 Å². The summed E-state index contributed by atoms with van der Waals surface area (Å²) >= 11 is 0. The third-order valence-corrected chi connectivity index (χ3v) is 6.01. The van der Waals surface area contributed by atoms with Crippen LogP contribution in [0.25, 0.3) is 5.57 Å². The summed E-state index contributed by atoms with van der Waals surface area (Å²) in [5.41, 5.74) is 11.8. The van der Waals surface area contributed by atoms with Crippen LogP contribution in [0.15, 0.2) is 24.3 Å². The molecule has 3 N–H and O–H groups in total. The van der Waals surface area contributed by atoms with Crippen molar-refractivity contribution in [1.29, 1.82) is 0 Å². The van der Waals surface area contributed by atoms with Gasteiger partial charge in [-0.3, -0.25) is 4.90 Å². The van der Waals surface area contributed by atoms with Crippen molar-refractivity contribution in [2.24, 2.45) is 5.41 Å². The average Bonchev–Trinajstić information content (AvgIpc) is 2.54. The molecule has 3 rings (SSSR count). The zero-order chi connectivity index (χ0) is 18.2. The van der Waals surface area contributed by atoms with Gasteiger partial charge < -0.3 is 11.1 Å². The van der Waals surface area contributed by atoms with Gasteiger partial charge in [-0.15, -0.1) is 0 Å². The van der Waals surface area contributed by atoms with Gasteiger partial charge in [0.2, 0.25) is 0 Å². The van der Waals surface area contributed by atoms with Gasteiger partial charge in [0.1, 0.15) is 0 Å². The van der Waals surface area contributed by atoms with Crippen LogP contribution in [0, 0.1) is 5.41 Å². The van der Waals surface area contributed by atoms with Gasteiger partial charge in [0, 0.05) is 42.5 Å². The fraction of sp³-hybridized carbons (Fsp3) is 0.636. The van der Waals surface area contributed by atoms with E-state index in [0.717, 1.165) is 31.6 Å². The van der Waals surface area contributed by atoms with Crippen molar-refractivity contribution in [3.8, 4) is 0 Å². The van der Waals surface area contributed by atoms with E-state index in [4.69, 9.17) is 5.73 Å². The van der Waals surface area contributed by atoms with Crippen LogP contribution < -0.4 is 11.1 Å². The van der Waals surface area contributed by atoms with Crippen molar-refractivity contribution < 1.29 is 0 Å². The molecule has 1 heterocycles. The highest BCUT2D eigenvalue weighted by Gasteiger charge is 2.27. The lowest BCUT2D eigenvalue weighted by atomic mass is 9.76. The monoisotopic (exact) mass is 341 g/mol. The molecular weight excluding hydrogens is 306 g/mol. The lowest BCUT2D eigenvalue weighted by Gasteiger charge is -2.40. The van der Waals surface area contributed by atoms with Crippen LogP contribution in [0.3, 0.4) is 0 Å². The van der Waals surface area contributed by atoms with E-state index in [1.54, 1.807) is 0 Å². The molecule has 0 radical (unpaired) electrons. The first-order valence-electron chi connectivity index (χ1n) is 9.84. The smallest absolute Gasteiger partial charge is 0.0390 e. The van der Waals surface area contributed by atoms with E-state index in [-0.39, 0.29) is 0 Å². The number of rotatable bonds is 3. The molecule has 3 atom stereocenters. The normalized spacial score (nSPS) is 28.4. The first-order valence-corrected chi connectivity index (χ1v) is 9.84. The molecule has 3 unspecified atom stereocenters. The number of nitrogens with zero attached hydrogens (tertiary/aromatic N) is 1. The van der Waals surface area contributed by atoms with Gasteiger partial charge >= 0.3 is 0 Å². The number of benzene rings is 1. The second-order valence-corrected chi connectivity index (χ2v) is 9.04. The van der Waals surface area contributed by atoms with Gasteiger partial charge in [-0.05, 0) is 68.7 Å². The standard InChI is InChI=1S/C22H35N3/c1-15-13-25(14-16(2)24-15)17(3)19-6-7-21(23)20(12-19)18-8-10-22(4,5)11-9-18/h6-8,12,15-17,24H,9-11,13-14,23H2,1-5H3. The number of nitrogen functional groups attached to an aromatic ring is 1. The number of nitrogens with two attached hydrogens (primary N) is 1. The van der Waals surface area contributed by atoms with Gasteiger partial charge in [0.05, 0.1) is 0 Å². The first-order chi connectivity index (χ1) is 11.7. The summed E-state index contributed by atoms with van der Waals surface area (Å²) in [6, 6.07) is 8.18. The Bertz CT molecular complexity index is 637. The SMILES string of the molecule is CC1CN(C(C)c2ccc(N)c(C3=CCC(C)(C)CC3)c2)CC(C)N1. The largest absolute Gasteiger partial charge is 0.398 e. The lowest BCUT2D eigenvalue weighted by molar-refractivity contribution is 0.131. The molecule has 0 amide bonds. The first kappa shape index (κ1) is 18.5. The minimum atomic E-state index is 0.423. The second-order valence-electron chi connectivity index (χ2n) is 9.04. The fourth-order valence-electron chi connectivity index (χ4n) is 4.33. The summed E-state index contributed by atoms with van der Waals surface area (Å²) in [5.74, 6) is 0. The molecule has 1 aromatic carbocycles. The van der Waals surface area contributed by atoms with Gasteiger partial charge in [-0.25, -0.2) is 0 Å². The van der Waals surface area contributed by atoms with Crippen molar-refractivity contribution in [1.82, 2.24) is 10.2 Å². The molecule has 1 fully saturated rings. The van der Waals surface area contributed by atoms with E-state index in [1.165, 1.54) is 23.1 Å². The van der Waals surface area contributed by atoms with E-state index in [1.807, 2.05) is 0 Å². The molecule has 0 spiro atoms. The Balaban J connectivity index is 1.83. The molecule has 0 aromatic heterocycles. The van der Waals surface area contributed by atoms with E-state index < -0.39 is 0 Å². The highest BCUT2D eigenvalue weighted by Crippen LogP contribution is 2.40. The highest BCUT2D eigenvalue weighted by atomic mass is 15.2. The number of allylic oxidation sites excluding steroid dienone is 2. The summed E-state index contributed by atoms with van der Waals surface area (Å²) < 4.78 is 0. The number of hydrogen-bond acceptors (Lipinski definition) is 3. The fourth-order valence-corrected chi connectivity index (χ4v) is 4.33. The topological polar surface area (TPSA) is 41.3 Å². The minimum Gasteiger partial charge on any atom is -0.398 e. The molecular formula is C22H35N3. The maximum atomic E-state index is 6.35. The third kappa shape index (κ3) is 4.27. The van der Waals surface area contributed by atoms with E-state index in [2.05, 4.69) is 69.1 Å². The van der Waals surface area contributed by atoms with Crippen LogP contribution in [-0.2, 0) is 0 Å². The van der Waals surface area contributed by atoms with Crippen LogP contribution in [0.5, 0.6) is 0 Å². The van der Waals surface area contributed by atoms with Gasteiger partial charge in [0.25, 0.3) is 0 Å². The Hall–Kier alpha value is -1.32. The maximum Gasteiger partial charge on any atom is 0.0390 e. The summed E-state index contributed by atoms with van der Waals surface area (Å²) in [6.45, 7) is 13.8. The van der Waals surface area contributed by atoms with Gasteiger partial charge in [0.15, 0.2) is 0 Å². The molecule has 3 nitrogen and oxygen atoms in total. The number of hydrogen-bond donors (Lipinski definition) is 2. The zero-order valence-electron chi connectivity index (χ0n) is 16.6. The highest BCUT2D eigenvalue weighted by molar-refractivity contribution is 5.76. The Morgan fingerprint density at radius 1 is 1.20 bits per heavy atom. The summed E-state index contributed by atoms with van der Waals surface area (Å²) in [7, 11) is 0. The molecule has 1 aliphatic carbocycles. The number of nitrogens with one attached hydrogen (secondary N) is 1. The predicted molar refractivity (Wildman–Crippen MR) is 109 cm³/mol. The van der Waals surface area contributed by atoms with E-state index >= 15 is 0 Å². The molecule has 1 aromatic rings. The quantitative estimate of drug-likeness (QED) is 0.789. The summed E-state index contributed by atoms with van der Waals surface area (Å²) in [6.07, 6.45) is 5.94. The van der Waals surface area contributed by atoms with Crippen LogP contribution in [0.2, 0.25) is 0 Å². The Kier molecular flexibility index (Phi) is 5.26. The van der Waals surface area contributed by atoms with Crippen LogP contribution in [0.4, 0.5) is 5.69 Å². The van der Waals surface area contributed by atoms with Crippen molar-refractivity contribution >= 4 is 11.3 Å². The van der Waals surface area contributed by atoms with Crippen LogP contribution >= 0.6 is 0 Å². The second kappa shape index (κ2) is 7.13. The molecule has 1 aliphatic heterocycles. The molecule has 0 bridgehead atoms. The van der Waals surface area contributed by atoms with Gasteiger partial charge in [-0.1, -0.05) is 26.0 Å². The predicted octanol–water partition coefficient (Wildman–Crippen LogP) is 4.61. The molecule has 1 saturated heterocycles. The lowest BCUT2D eigenvalue weighted by Crippen LogP contribution is -2.54. The summed E-state index contributed by atoms with van der Waals surface area (Å²) in [4.78, 5) is 2.60. The van der Waals surface area contributed by atoms with Crippen molar-refractivity contribution in [2.45, 2.75) is 72.0 Å². The maximum absolute atomic E-state index is 6.35. The molecule has 2 aliphatic rings. The Morgan fingerprint density at radius 2 is 1.88 bits per heavy atom. The molecule has 0 saturated carbocycles. The molecule has 3 heteroatoms. The van der Waals surface area contributed by atoms with Crippen molar-refractivity contribution in [3.63, 3.8) is 0 Å². The average molecular weight is 342 g/mol. The van der Waals surface area contributed by atoms with Crippen molar-refractivity contribution in [3.05, 3.63) is 35.4 Å². The Morgan fingerprint density at radius 3 is 2.48 bits per heavy atom. The number of anilines is 1. The minimum absolute atomic E-state index is 0.423. The molecule has 138 valence electrons. The number of piperazine rings is 1. The van der Waals surface area contributed by atoms with E-state index in [9.17, 15) is 0 Å². The van der Waals surface area contributed by atoms with Crippen molar-refractivity contribution in [2.75, 3.05) is 18.8 Å². The molecule has 25 heavy (non-hydrogen) atoms. The summed E-state index contributed by atoms with van der Waals surface area (Å²) in [5, 5.41) is 3.62. The third-order valence-electron chi connectivity index (χ3n) is 6.01. The zero-order valence-corrected chi connectivity index (χ0v) is 16.6.